The molecule has 0 atom stereocenters. The molecule has 0 bridgehead atoms. The molecular weight excluding hydrogens is 334 g/mol. The molecule has 2 heteroatoms. The molecule has 0 spiro atoms. The first-order valence-corrected chi connectivity index (χ1v) is 9.64. The van der Waals surface area contributed by atoms with Gasteiger partial charge in [-0.15, -0.1) is 11.3 Å². The van der Waals surface area contributed by atoms with Crippen molar-refractivity contribution in [2.45, 2.75) is 13.3 Å². The Labute approximate surface area is 158 Å². The quantitative estimate of drug-likeness (QED) is 0.410. The van der Waals surface area contributed by atoms with E-state index < -0.39 is 0 Å². The summed E-state index contributed by atoms with van der Waals surface area (Å²) in [5.41, 5.74) is 10.8. The van der Waals surface area contributed by atoms with Gasteiger partial charge in [-0.05, 0) is 47.9 Å². The maximum Gasteiger partial charge on any atom is 0.0433 e. The fraction of sp³-hybridized carbons (Fsp3) is 0.0833. The second kappa shape index (κ2) is 7.19. The van der Waals surface area contributed by atoms with Crippen molar-refractivity contribution >= 4 is 31.5 Å². The summed E-state index contributed by atoms with van der Waals surface area (Å²) in [5, 5.41) is 2.70. The van der Waals surface area contributed by atoms with Crippen molar-refractivity contribution in [3.63, 3.8) is 0 Å². The Morgan fingerprint density at radius 1 is 0.846 bits per heavy atom. The number of fused-ring (bicyclic) bond motifs is 3. The summed E-state index contributed by atoms with van der Waals surface area (Å²) in [7, 11) is 0. The van der Waals surface area contributed by atoms with Gasteiger partial charge < -0.3 is 5.73 Å². The second-order valence-electron chi connectivity index (χ2n) is 6.41. The van der Waals surface area contributed by atoms with Gasteiger partial charge in [-0.2, -0.15) is 0 Å². The van der Waals surface area contributed by atoms with Crippen LogP contribution in [0.5, 0.6) is 0 Å². The van der Waals surface area contributed by atoms with Crippen LogP contribution in [0.3, 0.4) is 0 Å². The molecule has 2 N–H and O–H groups in total. The highest BCUT2D eigenvalue weighted by atomic mass is 32.1. The van der Waals surface area contributed by atoms with Crippen LogP contribution < -0.4 is 5.73 Å². The molecule has 4 aromatic rings. The van der Waals surface area contributed by atoms with Crippen LogP contribution in [0.2, 0.25) is 0 Å². The molecule has 128 valence electrons. The van der Waals surface area contributed by atoms with Gasteiger partial charge in [0.25, 0.3) is 0 Å². The minimum Gasteiger partial charge on any atom is -0.405 e. The van der Waals surface area contributed by atoms with E-state index >= 15 is 0 Å². The number of allylic oxidation sites excluding steroid dienone is 3. The first-order chi connectivity index (χ1) is 12.8. The fourth-order valence-corrected chi connectivity index (χ4v) is 4.89. The van der Waals surface area contributed by atoms with Crippen LogP contribution in [-0.2, 0) is 6.42 Å². The molecule has 1 heterocycles. The van der Waals surface area contributed by atoms with Crippen LogP contribution in [0.1, 0.15) is 11.1 Å². The molecule has 0 aliphatic rings. The third-order valence-corrected chi connectivity index (χ3v) is 6.08. The normalized spacial score (nSPS) is 12.0. The zero-order chi connectivity index (χ0) is 17.9. The minimum absolute atomic E-state index is 0.918. The summed E-state index contributed by atoms with van der Waals surface area (Å²) in [6, 6.07) is 21.8. The van der Waals surface area contributed by atoms with Gasteiger partial charge >= 0.3 is 0 Å². The molecule has 0 radical (unpaired) electrons. The Bertz CT molecular complexity index is 1120. The van der Waals surface area contributed by atoms with E-state index in [9.17, 15) is 0 Å². The molecule has 0 aliphatic carbocycles. The predicted molar refractivity (Wildman–Crippen MR) is 116 cm³/mol. The molecule has 0 saturated carbocycles. The average Bonchev–Trinajstić information content (AvgIpc) is 3.06. The molecule has 0 fully saturated rings. The maximum absolute atomic E-state index is 5.42. The van der Waals surface area contributed by atoms with Crippen LogP contribution in [0.15, 0.2) is 85.1 Å². The predicted octanol–water partition coefficient (Wildman–Crippen LogP) is 6.60. The van der Waals surface area contributed by atoms with Crippen molar-refractivity contribution in [2.75, 3.05) is 0 Å². The first kappa shape index (κ1) is 16.6. The lowest BCUT2D eigenvalue weighted by Gasteiger charge is -2.04. The van der Waals surface area contributed by atoms with Crippen LogP contribution in [-0.4, -0.2) is 0 Å². The molecule has 1 nitrogen and oxygen atoms in total. The van der Waals surface area contributed by atoms with Crippen molar-refractivity contribution in [3.05, 3.63) is 96.2 Å². The lowest BCUT2D eigenvalue weighted by atomic mass is 9.99. The molecule has 3 aromatic carbocycles. The molecular formula is C24H21NS. The highest BCUT2D eigenvalue weighted by Crippen LogP contribution is 2.42. The van der Waals surface area contributed by atoms with E-state index in [2.05, 4.69) is 73.7 Å². The van der Waals surface area contributed by atoms with Crippen LogP contribution in [0.4, 0.5) is 0 Å². The highest BCUT2D eigenvalue weighted by molar-refractivity contribution is 7.26. The van der Waals surface area contributed by atoms with Crippen molar-refractivity contribution in [3.8, 4) is 11.1 Å². The van der Waals surface area contributed by atoms with Gasteiger partial charge in [0.2, 0.25) is 0 Å². The number of benzene rings is 3. The van der Waals surface area contributed by atoms with Gasteiger partial charge in [0.1, 0.15) is 0 Å². The van der Waals surface area contributed by atoms with E-state index in [-0.39, 0.29) is 0 Å². The van der Waals surface area contributed by atoms with Crippen molar-refractivity contribution in [2.24, 2.45) is 5.73 Å². The Balaban J connectivity index is 1.94. The third-order valence-electron chi connectivity index (χ3n) is 4.77. The van der Waals surface area contributed by atoms with Crippen molar-refractivity contribution in [1.82, 2.24) is 0 Å². The van der Waals surface area contributed by atoms with Crippen LogP contribution in [0, 0.1) is 6.92 Å². The molecule has 26 heavy (non-hydrogen) atoms. The summed E-state index contributed by atoms with van der Waals surface area (Å²) < 4.78 is 2.76. The molecule has 0 saturated heterocycles. The number of nitrogens with two attached hydrogens (primary N) is 1. The highest BCUT2D eigenvalue weighted by Gasteiger charge is 2.13. The largest absolute Gasteiger partial charge is 0.405 e. The number of rotatable bonds is 4. The molecule has 0 unspecified atom stereocenters. The number of hydrogen-bond donors (Lipinski definition) is 1. The third kappa shape index (κ3) is 2.93. The Hall–Kier alpha value is -2.84. The summed E-state index contributed by atoms with van der Waals surface area (Å²) in [5.74, 6) is 0. The van der Waals surface area contributed by atoms with Gasteiger partial charge in [0, 0.05) is 20.2 Å². The van der Waals surface area contributed by atoms with Gasteiger partial charge in [-0.3, -0.25) is 0 Å². The topological polar surface area (TPSA) is 26.0 Å². The second-order valence-corrected chi connectivity index (χ2v) is 7.43. The average molecular weight is 356 g/mol. The van der Waals surface area contributed by atoms with E-state index in [1.165, 1.54) is 42.4 Å². The zero-order valence-electron chi connectivity index (χ0n) is 14.8. The summed E-state index contributed by atoms with van der Waals surface area (Å²) in [4.78, 5) is 0. The molecule has 4 rings (SSSR count). The van der Waals surface area contributed by atoms with Gasteiger partial charge in [-0.25, -0.2) is 0 Å². The zero-order valence-corrected chi connectivity index (χ0v) is 15.6. The Morgan fingerprint density at radius 2 is 1.65 bits per heavy atom. The van der Waals surface area contributed by atoms with Gasteiger partial charge in [0.15, 0.2) is 0 Å². The van der Waals surface area contributed by atoms with E-state index in [0.29, 0.717) is 0 Å². The molecule has 1 aromatic heterocycles. The lowest BCUT2D eigenvalue weighted by molar-refractivity contribution is 1.25. The van der Waals surface area contributed by atoms with Crippen molar-refractivity contribution < 1.29 is 0 Å². The van der Waals surface area contributed by atoms with E-state index in [1.54, 1.807) is 6.20 Å². The fourth-order valence-electron chi connectivity index (χ4n) is 3.44. The van der Waals surface area contributed by atoms with E-state index in [4.69, 9.17) is 5.73 Å². The SMILES string of the molecule is Cc1ccc2c(sc3c(-c4ccccc4)cccc32)c1C/C=C\C=C/N. The number of hydrogen-bond acceptors (Lipinski definition) is 2. The Kier molecular flexibility index (Phi) is 4.59. The molecule has 0 aliphatic heterocycles. The van der Waals surface area contributed by atoms with Gasteiger partial charge in [0.05, 0.1) is 0 Å². The molecule has 0 amide bonds. The lowest BCUT2D eigenvalue weighted by Crippen LogP contribution is -1.87. The Morgan fingerprint density at radius 3 is 2.46 bits per heavy atom. The van der Waals surface area contributed by atoms with Gasteiger partial charge in [-0.1, -0.05) is 72.8 Å². The van der Waals surface area contributed by atoms with Crippen molar-refractivity contribution in [1.29, 1.82) is 0 Å². The van der Waals surface area contributed by atoms with Crippen LogP contribution in [0.25, 0.3) is 31.3 Å². The summed E-state index contributed by atoms with van der Waals surface area (Å²) >= 11 is 1.91. The summed E-state index contributed by atoms with van der Waals surface area (Å²) in [6.45, 7) is 2.20. The maximum atomic E-state index is 5.42. The smallest absolute Gasteiger partial charge is 0.0433 e. The van der Waals surface area contributed by atoms with Crippen LogP contribution >= 0.6 is 11.3 Å². The number of thiophene rings is 1. The van der Waals surface area contributed by atoms with E-state index in [1.807, 2.05) is 23.5 Å². The monoisotopic (exact) mass is 355 g/mol. The number of aryl methyl sites for hydroxylation is 1. The minimum atomic E-state index is 0.918. The first-order valence-electron chi connectivity index (χ1n) is 8.82. The standard InChI is InChI=1S/C24H21NS/c1-17-14-15-22-21-13-8-12-20(18-9-4-2-5-10-18)24(21)26-23(22)19(17)11-6-3-7-16-25/h2-10,12-16H,11,25H2,1H3/b6-3-,16-7-. The summed E-state index contributed by atoms with van der Waals surface area (Å²) in [6.07, 6.45) is 8.54. The van der Waals surface area contributed by atoms with E-state index in [0.717, 1.165) is 6.42 Å².